The molecular formula is C19H21NO. The second kappa shape index (κ2) is 7.21. The molecule has 1 fully saturated rings. The number of benzene rings is 2. The van der Waals surface area contributed by atoms with E-state index >= 15 is 0 Å². The maximum atomic E-state index is 5.48. The van der Waals surface area contributed by atoms with Crippen LogP contribution in [0.15, 0.2) is 66.7 Å². The number of nitrogens with zero attached hydrogens (tertiary/aromatic N) is 1. The van der Waals surface area contributed by atoms with Crippen molar-refractivity contribution in [3.8, 4) is 0 Å². The molecule has 1 heterocycles. The molecule has 0 saturated carbocycles. The Balaban J connectivity index is 1.83. The summed E-state index contributed by atoms with van der Waals surface area (Å²) in [5.74, 6) is 0. The number of ether oxygens (including phenoxy) is 1. The largest absolute Gasteiger partial charge is 0.379 e. The van der Waals surface area contributed by atoms with E-state index in [2.05, 4.69) is 71.6 Å². The second-order valence-corrected chi connectivity index (χ2v) is 5.27. The van der Waals surface area contributed by atoms with Crippen LogP contribution in [0.2, 0.25) is 0 Å². The Hall–Kier alpha value is -1.90. The topological polar surface area (TPSA) is 12.5 Å². The van der Waals surface area contributed by atoms with Gasteiger partial charge in [0, 0.05) is 13.1 Å². The lowest BCUT2D eigenvalue weighted by molar-refractivity contribution is 0.0254. The summed E-state index contributed by atoms with van der Waals surface area (Å²) >= 11 is 0. The van der Waals surface area contributed by atoms with Gasteiger partial charge in [0.15, 0.2) is 0 Å². The average molecular weight is 279 g/mol. The Kier molecular flexibility index (Phi) is 4.82. The number of rotatable bonds is 4. The highest BCUT2D eigenvalue weighted by molar-refractivity contribution is 5.50. The lowest BCUT2D eigenvalue weighted by atomic mass is 10.0. The van der Waals surface area contributed by atoms with E-state index in [-0.39, 0.29) is 0 Å². The van der Waals surface area contributed by atoms with Gasteiger partial charge in [-0.25, -0.2) is 0 Å². The first kappa shape index (κ1) is 14.1. The Morgan fingerprint density at radius 2 is 1.48 bits per heavy atom. The number of hydrogen-bond acceptors (Lipinski definition) is 2. The molecule has 0 radical (unpaired) electrons. The van der Waals surface area contributed by atoms with Crippen molar-refractivity contribution in [2.24, 2.45) is 0 Å². The molecule has 0 amide bonds. The van der Waals surface area contributed by atoms with Gasteiger partial charge in [-0.15, -0.1) is 0 Å². The molecule has 2 heteroatoms. The molecule has 1 unspecified atom stereocenters. The molecule has 0 aliphatic carbocycles. The van der Waals surface area contributed by atoms with Crippen LogP contribution in [-0.4, -0.2) is 31.2 Å². The van der Waals surface area contributed by atoms with Crippen molar-refractivity contribution < 1.29 is 4.74 Å². The molecule has 0 N–H and O–H groups in total. The number of morpholine rings is 1. The molecular weight excluding hydrogens is 258 g/mol. The lowest BCUT2D eigenvalue weighted by Crippen LogP contribution is -2.38. The fraction of sp³-hybridized carbons (Fsp3) is 0.263. The standard InChI is InChI=1S/C19H21NO/c1-3-7-17(8-4-1)11-12-19(18-9-5-2-6-10-18)20-13-15-21-16-14-20/h1-12,19H,13-16H2/b12-11+. The number of hydrogen-bond donors (Lipinski definition) is 0. The molecule has 2 nitrogen and oxygen atoms in total. The van der Waals surface area contributed by atoms with Gasteiger partial charge in [0.25, 0.3) is 0 Å². The van der Waals surface area contributed by atoms with Crippen LogP contribution in [0.25, 0.3) is 6.08 Å². The fourth-order valence-corrected chi connectivity index (χ4v) is 2.72. The van der Waals surface area contributed by atoms with Gasteiger partial charge >= 0.3 is 0 Å². The lowest BCUT2D eigenvalue weighted by Gasteiger charge is -2.33. The fourth-order valence-electron chi connectivity index (χ4n) is 2.72. The zero-order valence-corrected chi connectivity index (χ0v) is 12.2. The van der Waals surface area contributed by atoms with E-state index in [4.69, 9.17) is 4.74 Å². The Morgan fingerprint density at radius 1 is 0.857 bits per heavy atom. The average Bonchev–Trinajstić information content (AvgIpc) is 2.58. The molecule has 0 aromatic heterocycles. The summed E-state index contributed by atoms with van der Waals surface area (Å²) in [6.45, 7) is 3.61. The third-order valence-electron chi connectivity index (χ3n) is 3.85. The van der Waals surface area contributed by atoms with Gasteiger partial charge in [-0.1, -0.05) is 72.8 Å². The maximum Gasteiger partial charge on any atom is 0.0594 e. The quantitative estimate of drug-likeness (QED) is 0.844. The van der Waals surface area contributed by atoms with Gasteiger partial charge in [0.1, 0.15) is 0 Å². The molecule has 21 heavy (non-hydrogen) atoms. The zero-order valence-electron chi connectivity index (χ0n) is 12.2. The van der Waals surface area contributed by atoms with Crippen LogP contribution >= 0.6 is 0 Å². The first-order valence-corrected chi connectivity index (χ1v) is 7.53. The van der Waals surface area contributed by atoms with Gasteiger partial charge in [-0.2, -0.15) is 0 Å². The normalized spacial score (nSPS) is 17.9. The smallest absolute Gasteiger partial charge is 0.0594 e. The van der Waals surface area contributed by atoms with Gasteiger partial charge in [0.05, 0.1) is 19.3 Å². The van der Waals surface area contributed by atoms with Crippen LogP contribution in [0.1, 0.15) is 17.2 Å². The van der Waals surface area contributed by atoms with Crippen LogP contribution < -0.4 is 0 Å². The summed E-state index contributed by atoms with van der Waals surface area (Å²) in [7, 11) is 0. The molecule has 0 bridgehead atoms. The van der Waals surface area contributed by atoms with Crippen LogP contribution in [0.3, 0.4) is 0 Å². The van der Waals surface area contributed by atoms with E-state index in [1.807, 2.05) is 6.07 Å². The monoisotopic (exact) mass is 279 g/mol. The Bertz CT molecular complexity index is 559. The third-order valence-corrected chi connectivity index (χ3v) is 3.85. The van der Waals surface area contributed by atoms with Crippen LogP contribution in [0.4, 0.5) is 0 Å². The summed E-state index contributed by atoms with van der Waals surface area (Å²) < 4.78 is 5.48. The van der Waals surface area contributed by atoms with E-state index in [1.165, 1.54) is 11.1 Å². The summed E-state index contributed by atoms with van der Waals surface area (Å²) in [4.78, 5) is 2.48. The van der Waals surface area contributed by atoms with Crippen LogP contribution in [-0.2, 0) is 4.74 Å². The van der Waals surface area contributed by atoms with Crippen molar-refractivity contribution >= 4 is 6.08 Å². The van der Waals surface area contributed by atoms with E-state index in [0.717, 1.165) is 26.3 Å². The maximum absolute atomic E-state index is 5.48. The predicted octanol–water partition coefficient (Wildman–Crippen LogP) is 3.77. The first-order chi connectivity index (χ1) is 10.4. The Morgan fingerprint density at radius 3 is 2.14 bits per heavy atom. The van der Waals surface area contributed by atoms with E-state index < -0.39 is 0 Å². The molecule has 1 aliphatic heterocycles. The molecule has 3 rings (SSSR count). The van der Waals surface area contributed by atoms with Crippen molar-refractivity contribution in [2.45, 2.75) is 6.04 Å². The van der Waals surface area contributed by atoms with Crippen LogP contribution in [0.5, 0.6) is 0 Å². The van der Waals surface area contributed by atoms with Crippen molar-refractivity contribution in [2.75, 3.05) is 26.3 Å². The van der Waals surface area contributed by atoms with Crippen molar-refractivity contribution in [3.63, 3.8) is 0 Å². The van der Waals surface area contributed by atoms with Crippen molar-refractivity contribution in [3.05, 3.63) is 77.9 Å². The molecule has 1 aliphatic rings. The molecule has 2 aromatic carbocycles. The highest BCUT2D eigenvalue weighted by Gasteiger charge is 2.19. The summed E-state index contributed by atoms with van der Waals surface area (Å²) in [5, 5.41) is 0. The van der Waals surface area contributed by atoms with Crippen molar-refractivity contribution in [1.29, 1.82) is 0 Å². The Labute approximate surface area is 126 Å². The van der Waals surface area contributed by atoms with Gasteiger partial charge in [0.2, 0.25) is 0 Å². The minimum absolute atomic E-state index is 0.315. The minimum Gasteiger partial charge on any atom is -0.379 e. The third kappa shape index (κ3) is 3.81. The van der Waals surface area contributed by atoms with Gasteiger partial charge < -0.3 is 4.74 Å². The molecule has 1 atom stereocenters. The highest BCUT2D eigenvalue weighted by atomic mass is 16.5. The minimum atomic E-state index is 0.315. The van der Waals surface area contributed by atoms with Gasteiger partial charge in [-0.05, 0) is 11.1 Å². The molecule has 0 spiro atoms. The second-order valence-electron chi connectivity index (χ2n) is 5.27. The summed E-state index contributed by atoms with van der Waals surface area (Å²) in [5.41, 5.74) is 2.58. The molecule has 2 aromatic rings. The van der Waals surface area contributed by atoms with E-state index in [0.29, 0.717) is 6.04 Å². The summed E-state index contributed by atoms with van der Waals surface area (Å²) in [6.07, 6.45) is 4.52. The van der Waals surface area contributed by atoms with E-state index in [1.54, 1.807) is 0 Å². The van der Waals surface area contributed by atoms with E-state index in [9.17, 15) is 0 Å². The predicted molar refractivity (Wildman–Crippen MR) is 87.1 cm³/mol. The molecule has 1 saturated heterocycles. The zero-order chi connectivity index (χ0) is 14.3. The van der Waals surface area contributed by atoms with Gasteiger partial charge in [-0.3, -0.25) is 4.90 Å². The highest BCUT2D eigenvalue weighted by Crippen LogP contribution is 2.24. The summed E-state index contributed by atoms with van der Waals surface area (Å²) in [6, 6.07) is 21.5. The first-order valence-electron chi connectivity index (χ1n) is 7.53. The molecule has 108 valence electrons. The van der Waals surface area contributed by atoms with Crippen molar-refractivity contribution in [1.82, 2.24) is 4.90 Å². The van der Waals surface area contributed by atoms with Crippen LogP contribution in [0, 0.1) is 0 Å². The SMILES string of the molecule is C(=C\C(c1ccccc1)N1CCOCC1)/c1ccccc1.